The van der Waals surface area contributed by atoms with Gasteiger partial charge in [-0.05, 0) is 197 Å². The number of imide groups is 1. The van der Waals surface area contributed by atoms with Crippen LogP contribution in [0.3, 0.4) is 0 Å². The predicted molar refractivity (Wildman–Crippen MR) is 433 cm³/mol. The molecule has 0 spiro atoms. The second-order valence-corrected chi connectivity index (χ2v) is 33.5. The number of hydrogen-bond acceptors (Lipinski definition) is 16. The molecule has 3 fully saturated rings. The molecule has 6 aliphatic heterocycles. The molecule has 8 aromatic carbocycles. The molecule has 112 heavy (non-hydrogen) atoms. The number of nitrogens with zero attached hydrogens (tertiary/aromatic N) is 3. The molecule has 588 valence electrons. The number of allylic oxidation sites excluding steroid dienone is 7. The van der Waals surface area contributed by atoms with Crippen molar-refractivity contribution in [2.24, 2.45) is 0 Å². The number of ether oxygens (including phenoxy) is 7. The molecule has 8 aromatic rings. The third-order valence-electron chi connectivity index (χ3n) is 23.6. The standard InChI is InChI=1S/C86H97N3O12.C7H8O3S/c1-9-57(90)47-64-51-62(42-41-61-50-60(97-83(98-61)69-33-17-19-35-73(69)92)28-22-27-58(91)48-63-49-59(10-2)95-77(96-63)52-89-81(93)67-31-15-16-32-68(67)82(89)94)99-84(100-64)70-34-18-20-36-74(70)101-80-55(39-45-75-85(3,4)78-65-29-13-11-23-53(65)37-43-71(78)87(75)7)25-21-26-56(80)40-46-76-86(5,6)79-66-30-14-12-24-54(66)38-44-72(79)88(76)8;1-6-2-4-7(5-3-6)11(8,9)10/h11-20,23-24,29-40,43-46,57-64,77,83-84,90-91H,9-10,21-22,25-28,41-42,47-52H2,1-8H3;2-5H,1H3,(H,8,9,10). The first kappa shape index (κ1) is 79.7. The number of carbonyl (C=O) groups is 2. The highest BCUT2D eigenvalue weighted by Crippen LogP contribution is 2.51. The van der Waals surface area contributed by atoms with E-state index in [4.69, 9.17) is 33.2 Å². The Balaban J connectivity index is 0.000000873. The molecule has 1 aliphatic carbocycles. The van der Waals surface area contributed by atoms with Crippen molar-refractivity contribution in [3.05, 3.63) is 256 Å². The lowest BCUT2D eigenvalue weighted by Gasteiger charge is -2.39. The third-order valence-corrected chi connectivity index (χ3v) is 24.5. The first-order chi connectivity index (χ1) is 53.8. The van der Waals surface area contributed by atoms with Gasteiger partial charge in [0.05, 0.1) is 82.4 Å². The number of fused-ring (bicyclic) bond motifs is 7. The van der Waals surface area contributed by atoms with Crippen molar-refractivity contribution in [1.82, 2.24) is 4.90 Å². The van der Waals surface area contributed by atoms with E-state index in [-0.39, 0.29) is 76.5 Å². The second-order valence-electron chi connectivity index (χ2n) is 32.1. The molecule has 0 radical (unpaired) electrons. The van der Waals surface area contributed by atoms with Crippen molar-refractivity contribution in [2.75, 3.05) is 25.5 Å². The minimum Gasteiger partial charge on any atom is -0.744 e. The molecule has 6 heterocycles. The van der Waals surface area contributed by atoms with E-state index < -0.39 is 41.2 Å². The summed E-state index contributed by atoms with van der Waals surface area (Å²) >= 11 is 0. The van der Waals surface area contributed by atoms with Gasteiger partial charge in [-0.2, -0.15) is 4.58 Å². The van der Waals surface area contributed by atoms with Gasteiger partial charge < -0.3 is 57.9 Å². The van der Waals surface area contributed by atoms with Gasteiger partial charge in [-0.25, -0.2) is 8.42 Å². The Morgan fingerprint density at radius 2 is 1.18 bits per heavy atom. The van der Waals surface area contributed by atoms with Gasteiger partial charge in [0.25, 0.3) is 11.8 Å². The van der Waals surface area contributed by atoms with Crippen molar-refractivity contribution in [1.29, 1.82) is 0 Å². The Labute approximate surface area is 658 Å². The fourth-order valence-corrected chi connectivity index (χ4v) is 18.2. The first-order valence-electron chi connectivity index (χ1n) is 39.9. The number of benzene rings is 8. The van der Waals surface area contributed by atoms with Crippen LogP contribution in [0.1, 0.15) is 199 Å². The summed E-state index contributed by atoms with van der Waals surface area (Å²) in [5, 5.41) is 39.1. The molecule has 0 bridgehead atoms. The van der Waals surface area contributed by atoms with Gasteiger partial charge in [-0.3, -0.25) is 14.5 Å². The molecule has 18 nitrogen and oxygen atoms in total. The van der Waals surface area contributed by atoms with Crippen molar-refractivity contribution < 1.29 is 75.6 Å². The lowest BCUT2D eigenvalue weighted by Crippen LogP contribution is -2.46. The Morgan fingerprint density at radius 1 is 0.616 bits per heavy atom. The van der Waals surface area contributed by atoms with E-state index in [0.717, 1.165) is 53.7 Å². The molecule has 3 saturated heterocycles. The maximum absolute atomic E-state index is 13.3. The summed E-state index contributed by atoms with van der Waals surface area (Å²) in [5.41, 5.74) is 12.1. The van der Waals surface area contributed by atoms with Crippen LogP contribution in [0.4, 0.5) is 11.4 Å². The van der Waals surface area contributed by atoms with Crippen molar-refractivity contribution in [3.63, 3.8) is 0 Å². The zero-order chi connectivity index (χ0) is 78.8. The van der Waals surface area contributed by atoms with Crippen LogP contribution in [-0.4, -0.2) is 131 Å². The Kier molecular flexibility index (Phi) is 24.2. The van der Waals surface area contributed by atoms with E-state index in [9.17, 15) is 37.9 Å². The zero-order valence-electron chi connectivity index (χ0n) is 65.6. The van der Waals surface area contributed by atoms with Crippen LogP contribution < -0.4 is 9.64 Å². The Bertz CT molecular complexity index is 5050. The van der Waals surface area contributed by atoms with Gasteiger partial charge in [-0.1, -0.05) is 155 Å². The number of phenolic OH excluding ortho intramolecular Hbond substituents is 1. The van der Waals surface area contributed by atoms with Crippen molar-refractivity contribution in [2.45, 2.75) is 228 Å². The van der Waals surface area contributed by atoms with Crippen LogP contribution in [-0.2, 0) is 49.4 Å². The summed E-state index contributed by atoms with van der Waals surface area (Å²) in [6, 6.07) is 54.2. The van der Waals surface area contributed by atoms with Crippen LogP contribution in [0, 0.1) is 6.92 Å². The number of anilines is 1. The van der Waals surface area contributed by atoms with E-state index in [1.54, 1.807) is 48.5 Å². The number of phenols is 1. The maximum atomic E-state index is 13.3. The average Bonchev–Trinajstić information content (AvgIpc) is 1.57. The molecule has 11 atom stereocenters. The topological polar surface area (TPSA) is 226 Å². The Hall–Kier alpha value is -8.96. The van der Waals surface area contributed by atoms with Crippen LogP contribution in [0.15, 0.2) is 222 Å². The summed E-state index contributed by atoms with van der Waals surface area (Å²) in [6.45, 7) is 15.2. The highest BCUT2D eigenvalue weighted by molar-refractivity contribution is 7.85. The maximum Gasteiger partial charge on any atom is 0.261 e. The van der Waals surface area contributed by atoms with Gasteiger partial charge in [0.15, 0.2) is 24.6 Å². The fraction of sp³-hybridized carbons (Fsp3) is 0.409. The number of aliphatic hydroxyl groups excluding tert-OH is 2. The molecule has 11 unspecified atom stereocenters. The van der Waals surface area contributed by atoms with Gasteiger partial charge in [-0.15, -0.1) is 0 Å². The highest BCUT2D eigenvalue weighted by atomic mass is 32.2. The predicted octanol–water partition coefficient (Wildman–Crippen LogP) is 18.0. The summed E-state index contributed by atoms with van der Waals surface area (Å²) in [7, 11) is 0.0949. The van der Waals surface area contributed by atoms with Crippen molar-refractivity contribution in [3.8, 4) is 11.5 Å². The summed E-state index contributed by atoms with van der Waals surface area (Å²) in [5.74, 6) is 0.817. The van der Waals surface area contributed by atoms with Gasteiger partial charge in [0.1, 0.15) is 34.4 Å². The van der Waals surface area contributed by atoms with Crippen LogP contribution in [0.5, 0.6) is 11.5 Å². The molecule has 19 heteroatoms. The lowest BCUT2D eigenvalue weighted by molar-refractivity contribution is -0.401. The Morgan fingerprint density at radius 3 is 1.85 bits per heavy atom. The number of aryl methyl sites for hydroxylation is 1. The average molecular weight is 1540 g/mol. The molecular weight excluding hydrogens is 1430 g/mol. The van der Waals surface area contributed by atoms with Crippen LogP contribution in [0.25, 0.3) is 21.5 Å². The van der Waals surface area contributed by atoms with E-state index in [0.29, 0.717) is 93.1 Å². The monoisotopic (exact) mass is 1540 g/mol. The highest BCUT2D eigenvalue weighted by Gasteiger charge is 2.46. The number of hydrogen-bond donors (Lipinski definition) is 3. The summed E-state index contributed by atoms with van der Waals surface area (Å²) in [4.78, 5) is 29.9. The number of aliphatic hydroxyl groups is 2. The van der Waals surface area contributed by atoms with Crippen LogP contribution >= 0.6 is 0 Å². The molecule has 0 aromatic heterocycles. The fourth-order valence-electron chi connectivity index (χ4n) is 17.7. The minimum atomic E-state index is -4.27. The number of amides is 2. The quantitative estimate of drug-likeness (QED) is 0.0307. The van der Waals surface area contributed by atoms with Crippen LogP contribution in [0.2, 0.25) is 0 Å². The van der Waals surface area contributed by atoms with Crippen molar-refractivity contribution >= 4 is 60.6 Å². The van der Waals surface area contributed by atoms with E-state index in [1.807, 2.05) is 57.2 Å². The minimum absolute atomic E-state index is 0.0301. The molecule has 0 saturated carbocycles. The number of likely N-dealkylation sites (N-methyl/N-ethyl adjacent to an activating group) is 1. The summed E-state index contributed by atoms with van der Waals surface area (Å²) in [6.07, 6.45) is 13.4. The molecular formula is C93H105N3O15S. The molecule has 7 aliphatic rings. The van der Waals surface area contributed by atoms with E-state index in [2.05, 4.69) is 148 Å². The largest absolute Gasteiger partial charge is 0.744 e. The molecule has 15 rings (SSSR count). The van der Waals surface area contributed by atoms with Gasteiger partial charge in [0, 0.05) is 66.4 Å². The van der Waals surface area contributed by atoms with Gasteiger partial charge in [0.2, 0.25) is 5.69 Å². The summed E-state index contributed by atoms with van der Waals surface area (Å²) < 4.78 is 81.2. The third kappa shape index (κ3) is 17.1. The normalized spacial score (nSPS) is 24.9. The van der Waals surface area contributed by atoms with Gasteiger partial charge >= 0.3 is 0 Å². The van der Waals surface area contributed by atoms with E-state index in [1.165, 1.54) is 72.5 Å². The number of carbonyl (C=O) groups excluding carboxylic acids is 2. The number of aromatic hydroxyl groups is 1. The zero-order valence-corrected chi connectivity index (χ0v) is 66.4. The van der Waals surface area contributed by atoms with E-state index >= 15 is 0 Å². The SMILES string of the molecule is CCC(O)CC1CC(CCC2CC(CCCC(O)CC3CC(CC)OC(CN4C(=O)c5ccccc5C4=O)O3)OC(c3ccccc3O)O2)OC(c2ccccc2OC2=C(/C=C/C3=[N+](C)c4ccc5ccccc5c4C3(C)C)CCC/C2=C\C=C2\N(C)c3ccc4ccccc4c3C2(C)C)O1.Cc1ccc(S(=O)(=O)[O-])cc1. The smallest absolute Gasteiger partial charge is 0.261 e. The first-order valence-corrected chi connectivity index (χ1v) is 41.3. The second kappa shape index (κ2) is 34.0. The number of rotatable bonds is 23. The molecule has 2 amide bonds. The lowest BCUT2D eigenvalue weighted by atomic mass is 9.78. The molecule has 3 N–H and O–H groups in total. The number of para-hydroxylation sites is 2.